The second kappa shape index (κ2) is 5.44. The summed E-state index contributed by atoms with van der Waals surface area (Å²) in [5.41, 5.74) is 4.67. The minimum atomic E-state index is -0.240. The van der Waals surface area contributed by atoms with Gasteiger partial charge in [-0.3, -0.25) is 11.3 Å². The summed E-state index contributed by atoms with van der Waals surface area (Å²) in [4.78, 5) is 0. The summed E-state index contributed by atoms with van der Waals surface area (Å²) in [5.74, 6) is 5.28. The van der Waals surface area contributed by atoms with Gasteiger partial charge in [-0.1, -0.05) is 12.1 Å². The first kappa shape index (κ1) is 12.3. The molecular weight excluding hydrogens is 287 g/mol. The van der Waals surface area contributed by atoms with Crippen LogP contribution in [0.3, 0.4) is 0 Å². The molecule has 0 aliphatic rings. The number of hydrogen-bond donors (Lipinski definition) is 2. The topological polar surface area (TPSA) is 51.2 Å². The highest BCUT2D eigenvalue weighted by Crippen LogP contribution is 2.26. The molecule has 0 aliphatic carbocycles. The van der Waals surface area contributed by atoms with E-state index in [-0.39, 0.29) is 11.9 Å². The number of hydrogen-bond acceptors (Lipinski definition) is 3. The second-order valence-electron chi connectivity index (χ2n) is 3.70. The van der Waals surface area contributed by atoms with Crippen LogP contribution >= 0.6 is 15.9 Å². The van der Waals surface area contributed by atoms with E-state index in [2.05, 4.69) is 21.4 Å². The molecule has 0 saturated carbocycles. The van der Waals surface area contributed by atoms with Crippen molar-refractivity contribution in [1.82, 2.24) is 5.43 Å². The number of hydrazine groups is 1. The molecule has 0 saturated heterocycles. The van der Waals surface area contributed by atoms with Crippen molar-refractivity contribution in [2.75, 3.05) is 0 Å². The third kappa shape index (κ3) is 2.94. The summed E-state index contributed by atoms with van der Waals surface area (Å²) in [7, 11) is 0. The number of benzene rings is 1. The number of nitrogens with one attached hydrogen (secondary N) is 1. The Morgan fingerprint density at radius 2 is 2.00 bits per heavy atom. The zero-order valence-corrected chi connectivity index (χ0v) is 10.6. The fourth-order valence-corrected chi connectivity index (χ4v) is 2.19. The van der Waals surface area contributed by atoms with Gasteiger partial charge in [0.25, 0.3) is 0 Å². The lowest BCUT2D eigenvalue weighted by Crippen LogP contribution is -2.29. The Bertz CT molecular complexity index is 484. The van der Waals surface area contributed by atoms with Gasteiger partial charge in [0.1, 0.15) is 5.82 Å². The molecule has 2 aromatic rings. The average Bonchev–Trinajstić information content (AvgIpc) is 2.75. The smallest absolute Gasteiger partial charge is 0.173 e. The van der Waals surface area contributed by atoms with E-state index in [4.69, 9.17) is 10.3 Å². The first-order valence-corrected chi connectivity index (χ1v) is 5.93. The van der Waals surface area contributed by atoms with Gasteiger partial charge in [0.2, 0.25) is 0 Å². The maximum absolute atomic E-state index is 12.8. The summed E-state index contributed by atoms with van der Waals surface area (Å²) in [5, 5.41) is 0. The van der Waals surface area contributed by atoms with Gasteiger partial charge in [-0.15, -0.1) is 0 Å². The van der Waals surface area contributed by atoms with Crippen molar-refractivity contribution in [3.63, 3.8) is 0 Å². The van der Waals surface area contributed by atoms with Crippen LogP contribution in [0.15, 0.2) is 45.7 Å². The molecule has 1 atom stereocenters. The van der Waals surface area contributed by atoms with E-state index >= 15 is 0 Å². The molecule has 3 nitrogen and oxygen atoms in total. The van der Waals surface area contributed by atoms with E-state index in [1.807, 2.05) is 6.07 Å². The van der Waals surface area contributed by atoms with E-state index in [0.717, 1.165) is 11.1 Å². The predicted molar refractivity (Wildman–Crippen MR) is 66.6 cm³/mol. The minimum absolute atomic E-state index is 0.0754. The highest BCUT2D eigenvalue weighted by atomic mass is 79.9. The Morgan fingerprint density at radius 3 is 2.53 bits per heavy atom. The highest BCUT2D eigenvalue weighted by molar-refractivity contribution is 9.10. The molecule has 17 heavy (non-hydrogen) atoms. The van der Waals surface area contributed by atoms with Crippen LogP contribution in [0.2, 0.25) is 0 Å². The second-order valence-corrected chi connectivity index (χ2v) is 4.42. The van der Waals surface area contributed by atoms with Gasteiger partial charge in [-0.05, 0) is 46.1 Å². The Kier molecular flexibility index (Phi) is 3.93. The molecule has 90 valence electrons. The van der Waals surface area contributed by atoms with Gasteiger partial charge in [0, 0.05) is 5.56 Å². The molecule has 1 aromatic carbocycles. The molecule has 1 unspecified atom stereocenters. The van der Waals surface area contributed by atoms with E-state index in [1.165, 1.54) is 12.1 Å². The first-order valence-electron chi connectivity index (χ1n) is 5.14. The lowest BCUT2D eigenvalue weighted by atomic mass is 10.0. The molecule has 0 aliphatic heterocycles. The van der Waals surface area contributed by atoms with Crippen LogP contribution in [0.4, 0.5) is 4.39 Å². The predicted octanol–water partition coefficient (Wildman–Crippen LogP) is 2.93. The maximum Gasteiger partial charge on any atom is 0.173 e. The SMILES string of the molecule is NNC(Cc1ccc(F)cc1)c1ccoc1Br. The van der Waals surface area contributed by atoms with E-state index in [0.29, 0.717) is 11.1 Å². The van der Waals surface area contributed by atoms with Crippen LogP contribution in [0.25, 0.3) is 0 Å². The van der Waals surface area contributed by atoms with Crippen molar-refractivity contribution in [1.29, 1.82) is 0 Å². The standard InChI is InChI=1S/C12H12BrFN2O/c13-12-10(5-6-17-12)11(16-15)7-8-1-3-9(14)4-2-8/h1-6,11,16H,7,15H2. The molecule has 0 spiro atoms. The minimum Gasteiger partial charge on any atom is -0.457 e. The number of furan rings is 1. The summed E-state index contributed by atoms with van der Waals surface area (Å²) < 4.78 is 18.6. The van der Waals surface area contributed by atoms with Crippen molar-refractivity contribution >= 4 is 15.9 Å². The molecule has 1 heterocycles. The van der Waals surface area contributed by atoms with Crippen LogP contribution in [0.5, 0.6) is 0 Å². The molecule has 0 fully saturated rings. The largest absolute Gasteiger partial charge is 0.457 e. The van der Waals surface area contributed by atoms with Crippen LogP contribution in [-0.4, -0.2) is 0 Å². The summed E-state index contributed by atoms with van der Waals surface area (Å²) in [6.07, 6.45) is 2.25. The number of rotatable bonds is 4. The van der Waals surface area contributed by atoms with Gasteiger partial charge in [0.15, 0.2) is 4.67 Å². The van der Waals surface area contributed by atoms with E-state index in [1.54, 1.807) is 18.4 Å². The normalized spacial score (nSPS) is 12.6. The Balaban J connectivity index is 2.16. The van der Waals surface area contributed by atoms with Crippen LogP contribution < -0.4 is 11.3 Å². The fourth-order valence-electron chi connectivity index (χ4n) is 1.67. The van der Waals surface area contributed by atoms with Crippen molar-refractivity contribution in [2.45, 2.75) is 12.5 Å². The zero-order chi connectivity index (χ0) is 12.3. The Morgan fingerprint density at radius 1 is 1.29 bits per heavy atom. The van der Waals surface area contributed by atoms with Crippen molar-refractivity contribution in [3.05, 3.63) is 58.2 Å². The van der Waals surface area contributed by atoms with Crippen molar-refractivity contribution in [2.24, 2.45) is 5.84 Å². The fraction of sp³-hybridized carbons (Fsp3) is 0.167. The van der Waals surface area contributed by atoms with Gasteiger partial charge in [-0.2, -0.15) is 0 Å². The summed E-state index contributed by atoms with van der Waals surface area (Å²) in [6.45, 7) is 0. The lowest BCUT2D eigenvalue weighted by molar-refractivity contribution is 0.506. The lowest BCUT2D eigenvalue weighted by Gasteiger charge is -2.14. The maximum atomic E-state index is 12.8. The Hall–Kier alpha value is -1.17. The molecule has 0 bridgehead atoms. The quantitative estimate of drug-likeness (QED) is 0.674. The van der Waals surface area contributed by atoms with Gasteiger partial charge < -0.3 is 4.42 Å². The highest BCUT2D eigenvalue weighted by Gasteiger charge is 2.15. The third-order valence-corrected chi connectivity index (χ3v) is 3.22. The van der Waals surface area contributed by atoms with Gasteiger partial charge >= 0.3 is 0 Å². The summed E-state index contributed by atoms with van der Waals surface area (Å²) in [6, 6.07) is 8.13. The third-order valence-electron chi connectivity index (χ3n) is 2.58. The van der Waals surface area contributed by atoms with Crippen molar-refractivity contribution in [3.8, 4) is 0 Å². The first-order chi connectivity index (χ1) is 8.20. The van der Waals surface area contributed by atoms with E-state index < -0.39 is 0 Å². The molecule has 5 heteroatoms. The van der Waals surface area contributed by atoms with Crippen molar-refractivity contribution < 1.29 is 8.81 Å². The molecule has 1 aromatic heterocycles. The number of halogens is 2. The van der Waals surface area contributed by atoms with E-state index in [9.17, 15) is 4.39 Å². The zero-order valence-electron chi connectivity index (χ0n) is 8.99. The molecule has 0 radical (unpaired) electrons. The molecule has 3 N–H and O–H groups in total. The van der Waals surface area contributed by atoms with Crippen LogP contribution in [-0.2, 0) is 6.42 Å². The van der Waals surface area contributed by atoms with Gasteiger partial charge in [0.05, 0.1) is 12.3 Å². The summed E-state index contributed by atoms with van der Waals surface area (Å²) >= 11 is 3.31. The van der Waals surface area contributed by atoms with Crippen LogP contribution in [0, 0.1) is 5.82 Å². The Labute approximate surface area is 107 Å². The molecule has 0 amide bonds. The molecular formula is C12H12BrFN2O. The average molecular weight is 299 g/mol. The van der Waals surface area contributed by atoms with Gasteiger partial charge in [-0.25, -0.2) is 4.39 Å². The van der Waals surface area contributed by atoms with Crippen LogP contribution in [0.1, 0.15) is 17.2 Å². The molecule has 2 rings (SSSR count). The monoisotopic (exact) mass is 298 g/mol. The number of nitrogens with two attached hydrogens (primary N) is 1.